The smallest absolute Gasteiger partial charge is 0.332 e. The highest BCUT2D eigenvalue weighted by atomic mass is 16.4. The van der Waals surface area contributed by atoms with Gasteiger partial charge in [-0.2, -0.15) is 0 Å². The second-order valence-corrected chi connectivity index (χ2v) is 2.55. The topological polar surface area (TPSA) is 37.3 Å². The molecular weight excluding hydrogens is 128 g/mol. The number of hydrogen-bond donors (Lipinski definition) is 1. The van der Waals surface area contributed by atoms with Crippen LogP contribution in [0.5, 0.6) is 0 Å². The van der Waals surface area contributed by atoms with Gasteiger partial charge < -0.3 is 5.11 Å². The van der Waals surface area contributed by atoms with E-state index >= 15 is 0 Å². The molecule has 0 aliphatic carbocycles. The van der Waals surface area contributed by atoms with Crippen molar-refractivity contribution in [3.63, 3.8) is 0 Å². The van der Waals surface area contributed by atoms with Crippen LogP contribution in [0.1, 0.15) is 13.8 Å². The molecule has 0 heterocycles. The third-order valence-electron chi connectivity index (χ3n) is 1.37. The van der Waals surface area contributed by atoms with Crippen LogP contribution in [0.15, 0.2) is 12.2 Å². The Labute approximate surface area is 60.6 Å². The molecule has 2 nitrogen and oxygen atoms in total. The Hall–Kier alpha value is -1.23. The fraction of sp³-hybridized carbons (Fsp3) is 0.375. The third kappa shape index (κ3) is 1.63. The molecule has 10 heavy (non-hydrogen) atoms. The molecule has 0 aliphatic heterocycles. The van der Waals surface area contributed by atoms with Crippen LogP contribution in [0.3, 0.4) is 0 Å². The molecule has 0 aliphatic rings. The average molecular weight is 138 g/mol. The minimum Gasteiger partial charge on any atom is -0.478 e. The monoisotopic (exact) mass is 138 g/mol. The lowest BCUT2D eigenvalue weighted by Crippen LogP contribution is -2.17. The lowest BCUT2D eigenvalue weighted by Gasteiger charge is -2.16. The standard InChI is InChI=1S/C8H10O2/c1-5-8(3,4)6(2)7(9)10/h1H,2H2,3-4H3,(H,9,10). The predicted octanol–water partition coefficient (Wildman–Crippen LogP) is 1.29. The van der Waals surface area contributed by atoms with Gasteiger partial charge in [0, 0.05) is 5.57 Å². The first-order chi connectivity index (χ1) is 4.41. The predicted molar refractivity (Wildman–Crippen MR) is 39.4 cm³/mol. The molecule has 0 saturated heterocycles. The normalized spacial score (nSPS) is 10.1. The van der Waals surface area contributed by atoms with Gasteiger partial charge in [-0.05, 0) is 13.8 Å². The summed E-state index contributed by atoms with van der Waals surface area (Å²) in [6.07, 6.45) is 5.07. The molecule has 0 bridgehead atoms. The van der Waals surface area contributed by atoms with Crippen molar-refractivity contribution in [3.05, 3.63) is 12.2 Å². The Kier molecular flexibility index (Phi) is 2.25. The van der Waals surface area contributed by atoms with Crippen LogP contribution in [-0.4, -0.2) is 11.1 Å². The van der Waals surface area contributed by atoms with Crippen LogP contribution in [0.25, 0.3) is 0 Å². The fourth-order valence-electron chi connectivity index (χ4n) is 0.354. The number of terminal acetylenes is 1. The highest BCUT2D eigenvalue weighted by Crippen LogP contribution is 2.22. The van der Waals surface area contributed by atoms with Crippen LogP contribution < -0.4 is 0 Å². The number of hydrogen-bond acceptors (Lipinski definition) is 1. The first-order valence-corrected chi connectivity index (χ1v) is 2.82. The maximum Gasteiger partial charge on any atom is 0.332 e. The molecule has 0 rings (SSSR count). The lowest BCUT2D eigenvalue weighted by atomic mass is 9.86. The summed E-state index contributed by atoms with van der Waals surface area (Å²) in [4.78, 5) is 10.3. The molecule has 0 aromatic carbocycles. The van der Waals surface area contributed by atoms with Gasteiger partial charge >= 0.3 is 5.97 Å². The van der Waals surface area contributed by atoms with Gasteiger partial charge in [0.1, 0.15) is 0 Å². The second kappa shape index (κ2) is 2.57. The van der Waals surface area contributed by atoms with Gasteiger partial charge in [0.25, 0.3) is 0 Å². The van der Waals surface area contributed by atoms with E-state index in [9.17, 15) is 4.79 Å². The first-order valence-electron chi connectivity index (χ1n) is 2.82. The first kappa shape index (κ1) is 8.77. The Morgan fingerprint density at radius 2 is 2.10 bits per heavy atom. The summed E-state index contributed by atoms with van der Waals surface area (Å²) in [6, 6.07) is 0. The van der Waals surface area contributed by atoms with Crippen molar-refractivity contribution >= 4 is 5.97 Å². The van der Waals surface area contributed by atoms with E-state index in [1.54, 1.807) is 13.8 Å². The summed E-state index contributed by atoms with van der Waals surface area (Å²) >= 11 is 0. The summed E-state index contributed by atoms with van der Waals surface area (Å²) in [7, 11) is 0. The van der Waals surface area contributed by atoms with Gasteiger partial charge in [0.05, 0.1) is 5.41 Å². The quantitative estimate of drug-likeness (QED) is 0.461. The Morgan fingerprint density at radius 3 is 2.20 bits per heavy atom. The van der Waals surface area contributed by atoms with Crippen molar-refractivity contribution in [1.29, 1.82) is 0 Å². The molecule has 54 valence electrons. The molecule has 1 N–H and O–H groups in total. The third-order valence-corrected chi connectivity index (χ3v) is 1.37. The summed E-state index contributed by atoms with van der Waals surface area (Å²) in [5.74, 6) is 1.30. The molecule has 0 aromatic heterocycles. The Morgan fingerprint density at radius 1 is 1.70 bits per heavy atom. The van der Waals surface area contributed by atoms with Crippen LogP contribution in [0, 0.1) is 17.8 Å². The van der Waals surface area contributed by atoms with Crippen molar-refractivity contribution in [2.75, 3.05) is 0 Å². The van der Waals surface area contributed by atoms with Crippen LogP contribution in [-0.2, 0) is 4.79 Å². The molecule has 0 spiro atoms. The highest BCUT2D eigenvalue weighted by molar-refractivity contribution is 5.88. The largest absolute Gasteiger partial charge is 0.478 e. The zero-order chi connectivity index (χ0) is 8.36. The van der Waals surface area contributed by atoms with Crippen molar-refractivity contribution in [1.82, 2.24) is 0 Å². The summed E-state index contributed by atoms with van der Waals surface area (Å²) < 4.78 is 0. The van der Waals surface area contributed by atoms with Gasteiger partial charge in [-0.25, -0.2) is 4.79 Å². The number of carbonyl (C=O) groups is 1. The minimum absolute atomic E-state index is 0.0509. The maximum atomic E-state index is 10.3. The molecule has 2 heteroatoms. The number of carboxylic acids is 1. The van der Waals surface area contributed by atoms with E-state index in [4.69, 9.17) is 11.5 Å². The van der Waals surface area contributed by atoms with Crippen molar-refractivity contribution < 1.29 is 9.90 Å². The van der Waals surface area contributed by atoms with Gasteiger partial charge in [-0.1, -0.05) is 12.5 Å². The highest BCUT2D eigenvalue weighted by Gasteiger charge is 2.23. The molecule has 0 atom stereocenters. The minimum atomic E-state index is -1.04. The summed E-state index contributed by atoms with van der Waals surface area (Å²) in [6.45, 7) is 6.64. The van der Waals surface area contributed by atoms with Crippen molar-refractivity contribution in [3.8, 4) is 12.3 Å². The Bertz CT molecular complexity index is 206. The molecule has 0 radical (unpaired) electrons. The molecule has 0 saturated carbocycles. The SMILES string of the molecule is C#CC(C)(C)C(=C)C(=O)O. The molecular formula is C8H10O2. The van der Waals surface area contributed by atoms with E-state index in [0.717, 1.165) is 0 Å². The summed E-state index contributed by atoms with van der Waals surface area (Å²) in [5, 5.41) is 8.45. The van der Waals surface area contributed by atoms with Crippen LogP contribution >= 0.6 is 0 Å². The number of carboxylic acid groups (broad SMARTS) is 1. The molecule has 0 aromatic rings. The molecule has 0 amide bonds. The van der Waals surface area contributed by atoms with Crippen molar-refractivity contribution in [2.45, 2.75) is 13.8 Å². The van der Waals surface area contributed by atoms with Crippen molar-refractivity contribution in [2.24, 2.45) is 5.41 Å². The molecule has 0 fully saturated rings. The van der Waals surface area contributed by atoms with Gasteiger partial charge in [0.15, 0.2) is 0 Å². The molecule has 0 unspecified atom stereocenters. The van der Waals surface area contributed by atoms with E-state index in [1.807, 2.05) is 0 Å². The van der Waals surface area contributed by atoms with Crippen LogP contribution in [0.4, 0.5) is 0 Å². The number of aliphatic carboxylic acids is 1. The fourth-order valence-corrected chi connectivity index (χ4v) is 0.354. The number of rotatable bonds is 2. The zero-order valence-corrected chi connectivity index (χ0v) is 6.14. The van der Waals surface area contributed by atoms with E-state index in [1.165, 1.54) is 0 Å². The zero-order valence-electron chi connectivity index (χ0n) is 6.14. The lowest BCUT2D eigenvalue weighted by molar-refractivity contribution is -0.133. The van der Waals surface area contributed by atoms with E-state index in [0.29, 0.717) is 0 Å². The van der Waals surface area contributed by atoms with Gasteiger partial charge in [-0.3, -0.25) is 0 Å². The van der Waals surface area contributed by atoms with Gasteiger partial charge in [-0.15, -0.1) is 6.42 Å². The summed E-state index contributed by atoms with van der Waals surface area (Å²) in [5.41, 5.74) is -0.693. The van der Waals surface area contributed by atoms with E-state index < -0.39 is 11.4 Å². The maximum absolute atomic E-state index is 10.3. The second-order valence-electron chi connectivity index (χ2n) is 2.55. The van der Waals surface area contributed by atoms with E-state index in [2.05, 4.69) is 12.5 Å². The van der Waals surface area contributed by atoms with Gasteiger partial charge in [0.2, 0.25) is 0 Å². The Balaban J connectivity index is 4.54. The average Bonchev–Trinajstić information content (AvgIpc) is 1.86. The van der Waals surface area contributed by atoms with Crippen LogP contribution in [0.2, 0.25) is 0 Å². The van der Waals surface area contributed by atoms with E-state index in [-0.39, 0.29) is 5.57 Å².